The first-order chi connectivity index (χ1) is 6.94. The fourth-order valence-electron chi connectivity index (χ4n) is 1.81. The quantitative estimate of drug-likeness (QED) is 0.515. The second kappa shape index (κ2) is 4.13. The zero-order chi connectivity index (χ0) is 11.6. The Kier molecular flexibility index (Phi) is 3.27. The molecule has 0 saturated carbocycles. The third kappa shape index (κ3) is 2.08. The molecule has 1 unspecified atom stereocenters. The van der Waals surface area contributed by atoms with E-state index >= 15 is 0 Å². The summed E-state index contributed by atoms with van der Waals surface area (Å²) in [6.07, 6.45) is 1.69. The summed E-state index contributed by atoms with van der Waals surface area (Å²) < 4.78 is 0. The van der Waals surface area contributed by atoms with Gasteiger partial charge in [-0.1, -0.05) is 20.8 Å². The molecule has 1 atom stereocenters. The average molecular weight is 211 g/mol. The predicted molar refractivity (Wildman–Crippen MR) is 55.0 cm³/mol. The predicted octanol–water partition coefficient (Wildman–Crippen LogP) is 0.997. The molecule has 1 heterocycles. The lowest BCUT2D eigenvalue weighted by molar-refractivity contribution is -0.141. The van der Waals surface area contributed by atoms with Crippen LogP contribution < -0.4 is 0 Å². The smallest absolute Gasteiger partial charge is 0.233 e. The van der Waals surface area contributed by atoms with Crippen molar-refractivity contribution in [3.63, 3.8) is 0 Å². The number of imide groups is 1. The lowest BCUT2D eigenvalue weighted by Crippen LogP contribution is -2.36. The standard InChI is InChI=1S/C11H17NO3/c1-4-5-12-9(14)6-8(10(12)15)11(2,3)7-13/h7-8H,4-6H2,1-3H3. The van der Waals surface area contributed by atoms with Crippen LogP contribution in [0.15, 0.2) is 0 Å². The van der Waals surface area contributed by atoms with E-state index in [1.807, 2.05) is 6.92 Å². The Morgan fingerprint density at radius 2 is 2.07 bits per heavy atom. The van der Waals surface area contributed by atoms with Crippen LogP contribution in [-0.2, 0) is 14.4 Å². The SMILES string of the molecule is CCCN1C(=O)CC(C(C)(C)C=O)C1=O. The van der Waals surface area contributed by atoms with Crippen LogP contribution in [0.25, 0.3) is 0 Å². The summed E-state index contributed by atoms with van der Waals surface area (Å²) in [5, 5.41) is 0. The highest BCUT2D eigenvalue weighted by Crippen LogP contribution is 2.34. The largest absolute Gasteiger partial charge is 0.303 e. The van der Waals surface area contributed by atoms with E-state index < -0.39 is 11.3 Å². The monoisotopic (exact) mass is 211 g/mol. The Bertz CT molecular complexity index is 296. The zero-order valence-corrected chi connectivity index (χ0v) is 9.45. The van der Waals surface area contributed by atoms with Gasteiger partial charge in [0, 0.05) is 18.4 Å². The summed E-state index contributed by atoms with van der Waals surface area (Å²) in [4.78, 5) is 35.5. The van der Waals surface area contributed by atoms with Crippen molar-refractivity contribution >= 4 is 18.1 Å². The number of nitrogens with zero attached hydrogens (tertiary/aromatic N) is 1. The van der Waals surface area contributed by atoms with E-state index in [1.54, 1.807) is 13.8 Å². The van der Waals surface area contributed by atoms with Crippen LogP contribution in [0, 0.1) is 11.3 Å². The fraction of sp³-hybridized carbons (Fsp3) is 0.727. The highest BCUT2D eigenvalue weighted by molar-refractivity contribution is 6.04. The lowest BCUT2D eigenvalue weighted by Gasteiger charge is -2.23. The molecule has 0 spiro atoms. The number of hydrogen-bond acceptors (Lipinski definition) is 3. The summed E-state index contributed by atoms with van der Waals surface area (Å²) in [6, 6.07) is 0. The molecule has 1 aliphatic heterocycles. The van der Waals surface area contributed by atoms with Gasteiger partial charge in [0.2, 0.25) is 11.8 Å². The van der Waals surface area contributed by atoms with E-state index in [1.165, 1.54) is 4.90 Å². The van der Waals surface area contributed by atoms with Crippen molar-refractivity contribution in [1.29, 1.82) is 0 Å². The maximum absolute atomic E-state index is 11.9. The zero-order valence-electron chi connectivity index (χ0n) is 9.45. The number of amides is 2. The van der Waals surface area contributed by atoms with Crippen LogP contribution in [0.2, 0.25) is 0 Å². The van der Waals surface area contributed by atoms with Crippen LogP contribution >= 0.6 is 0 Å². The Morgan fingerprint density at radius 3 is 2.53 bits per heavy atom. The van der Waals surface area contributed by atoms with Gasteiger partial charge in [0.15, 0.2) is 0 Å². The van der Waals surface area contributed by atoms with Gasteiger partial charge >= 0.3 is 0 Å². The topological polar surface area (TPSA) is 54.5 Å². The molecule has 1 saturated heterocycles. The molecule has 0 aromatic rings. The summed E-state index contributed by atoms with van der Waals surface area (Å²) in [6.45, 7) is 5.78. The second-order valence-corrected chi connectivity index (χ2v) is 4.58. The molecule has 1 fully saturated rings. The van der Waals surface area contributed by atoms with Crippen molar-refractivity contribution in [1.82, 2.24) is 4.90 Å². The molecule has 0 aromatic heterocycles. The van der Waals surface area contributed by atoms with Crippen molar-refractivity contribution in [2.24, 2.45) is 11.3 Å². The Balaban J connectivity index is 2.86. The minimum atomic E-state index is -0.741. The van der Waals surface area contributed by atoms with Gasteiger partial charge in [0.1, 0.15) is 6.29 Å². The van der Waals surface area contributed by atoms with Gasteiger partial charge in [-0.3, -0.25) is 14.5 Å². The maximum Gasteiger partial charge on any atom is 0.233 e. The minimum Gasteiger partial charge on any atom is -0.303 e. The lowest BCUT2D eigenvalue weighted by atomic mass is 9.79. The van der Waals surface area contributed by atoms with Crippen molar-refractivity contribution in [3.8, 4) is 0 Å². The Labute approximate surface area is 89.6 Å². The number of rotatable bonds is 4. The summed E-state index contributed by atoms with van der Waals surface area (Å²) >= 11 is 0. The van der Waals surface area contributed by atoms with Crippen molar-refractivity contribution in [2.45, 2.75) is 33.6 Å². The molecule has 0 radical (unpaired) electrons. The Morgan fingerprint density at radius 1 is 1.47 bits per heavy atom. The van der Waals surface area contributed by atoms with Crippen LogP contribution in [0.3, 0.4) is 0 Å². The summed E-state index contributed by atoms with van der Waals surface area (Å²) in [5.74, 6) is -0.824. The van der Waals surface area contributed by atoms with Gasteiger partial charge < -0.3 is 4.79 Å². The first-order valence-electron chi connectivity index (χ1n) is 5.24. The number of aldehydes is 1. The molecule has 15 heavy (non-hydrogen) atoms. The van der Waals surface area contributed by atoms with E-state index in [0.29, 0.717) is 6.54 Å². The minimum absolute atomic E-state index is 0.151. The van der Waals surface area contributed by atoms with Crippen LogP contribution in [-0.4, -0.2) is 29.5 Å². The molecule has 4 heteroatoms. The van der Waals surface area contributed by atoms with Crippen LogP contribution in [0.5, 0.6) is 0 Å². The first-order valence-corrected chi connectivity index (χ1v) is 5.24. The average Bonchev–Trinajstić information content (AvgIpc) is 2.47. The van der Waals surface area contributed by atoms with E-state index in [4.69, 9.17) is 0 Å². The molecule has 0 N–H and O–H groups in total. The van der Waals surface area contributed by atoms with Crippen LogP contribution in [0.4, 0.5) is 0 Å². The summed E-state index contributed by atoms with van der Waals surface area (Å²) in [5.41, 5.74) is -0.741. The highest BCUT2D eigenvalue weighted by atomic mass is 16.2. The molecule has 84 valence electrons. The van der Waals surface area contributed by atoms with E-state index in [-0.39, 0.29) is 18.2 Å². The molecule has 0 aliphatic carbocycles. The van der Waals surface area contributed by atoms with E-state index in [9.17, 15) is 14.4 Å². The molecule has 4 nitrogen and oxygen atoms in total. The van der Waals surface area contributed by atoms with Crippen molar-refractivity contribution in [3.05, 3.63) is 0 Å². The molecule has 1 rings (SSSR count). The molecule has 0 bridgehead atoms. The second-order valence-electron chi connectivity index (χ2n) is 4.58. The molecular formula is C11H17NO3. The number of likely N-dealkylation sites (tertiary alicyclic amines) is 1. The third-order valence-corrected chi connectivity index (χ3v) is 2.89. The number of hydrogen-bond donors (Lipinski definition) is 0. The first kappa shape index (κ1) is 11.9. The van der Waals surface area contributed by atoms with Gasteiger partial charge in [-0.25, -0.2) is 0 Å². The summed E-state index contributed by atoms with van der Waals surface area (Å²) in [7, 11) is 0. The van der Waals surface area contributed by atoms with Gasteiger partial charge in [-0.2, -0.15) is 0 Å². The molecular weight excluding hydrogens is 194 g/mol. The van der Waals surface area contributed by atoms with Crippen LogP contribution in [0.1, 0.15) is 33.6 Å². The number of carbonyl (C=O) groups excluding carboxylic acids is 3. The number of carbonyl (C=O) groups is 3. The van der Waals surface area contributed by atoms with Gasteiger partial charge in [0.05, 0.1) is 5.92 Å². The van der Waals surface area contributed by atoms with Gasteiger partial charge in [-0.15, -0.1) is 0 Å². The van der Waals surface area contributed by atoms with E-state index in [0.717, 1.165) is 12.7 Å². The van der Waals surface area contributed by atoms with Crippen molar-refractivity contribution in [2.75, 3.05) is 6.54 Å². The molecule has 1 aliphatic rings. The van der Waals surface area contributed by atoms with E-state index in [2.05, 4.69) is 0 Å². The normalized spacial score (nSPS) is 22.3. The highest BCUT2D eigenvalue weighted by Gasteiger charge is 2.46. The molecule has 0 aromatic carbocycles. The third-order valence-electron chi connectivity index (χ3n) is 2.89. The maximum atomic E-state index is 11.9. The van der Waals surface area contributed by atoms with Gasteiger partial charge in [0.25, 0.3) is 0 Å². The Hall–Kier alpha value is -1.19. The van der Waals surface area contributed by atoms with Gasteiger partial charge in [-0.05, 0) is 6.42 Å². The van der Waals surface area contributed by atoms with Crippen molar-refractivity contribution < 1.29 is 14.4 Å². The fourth-order valence-corrected chi connectivity index (χ4v) is 1.81. The molecule has 2 amide bonds.